The molecule has 2 heterocycles. The van der Waals surface area contributed by atoms with Gasteiger partial charge in [0.15, 0.2) is 0 Å². The number of benzene rings is 6. The van der Waals surface area contributed by atoms with E-state index in [1.807, 2.05) is 83.4 Å². The highest BCUT2D eigenvalue weighted by Crippen LogP contribution is 2.45. The average Bonchev–Trinajstić information content (AvgIpc) is 3.69. The molecule has 8 rings (SSSR count). The van der Waals surface area contributed by atoms with Crippen LogP contribution in [-0.2, 0) is 21.7 Å². The predicted molar refractivity (Wildman–Crippen MR) is 267 cm³/mol. The van der Waals surface area contributed by atoms with Crippen LogP contribution in [0.15, 0.2) is 140 Å². The fourth-order valence-electron chi connectivity index (χ4n) is 8.17. The predicted octanol–water partition coefficient (Wildman–Crippen LogP) is 16.0. The molecule has 0 fully saturated rings. The third kappa shape index (κ3) is 8.61. The van der Waals surface area contributed by atoms with Gasteiger partial charge in [0.05, 0.1) is 22.3 Å². The van der Waals surface area contributed by atoms with E-state index in [0.29, 0.717) is 50.5 Å². The maximum atomic E-state index is 12.4. The van der Waals surface area contributed by atoms with Crippen molar-refractivity contribution < 1.29 is 21.6 Å². The van der Waals surface area contributed by atoms with Gasteiger partial charge < -0.3 is 5.11 Å². The van der Waals surface area contributed by atoms with Crippen molar-refractivity contribution in [3.05, 3.63) is 167 Å². The molecule has 320 valence electrons. The number of pyridine rings is 1. The second kappa shape index (κ2) is 15.8. The summed E-state index contributed by atoms with van der Waals surface area (Å²) in [6, 6.07) is 40.3. The van der Waals surface area contributed by atoms with Crippen LogP contribution in [0.5, 0.6) is 5.75 Å². The standard InChI is InChI=1S/C59H63N3O/c1-37-30-46(26-27-47(37)39-18-15-14-16-19-39)62-52-21-17-20-48(53(52)61-55(62)49-35-45(58(8,9)10)36-50(54(49)63)59(11,12)13)41-31-42(33-44(32-41)57(5,6)7)51-34-40(28-29-60-51)38-22-24-43(25-23-38)56(2,3)4/h14-36,63H,1-13H3/i1D3,2D3,3D3,4D3. The molecule has 63 heavy (non-hydrogen) atoms. The summed E-state index contributed by atoms with van der Waals surface area (Å²) in [5.41, 5.74) is 6.17. The first kappa shape index (κ1) is 30.7. The van der Waals surface area contributed by atoms with Gasteiger partial charge in [0.1, 0.15) is 11.6 Å². The Morgan fingerprint density at radius 3 is 1.87 bits per heavy atom. The molecular weight excluding hydrogens is 767 g/mol. The van der Waals surface area contributed by atoms with Gasteiger partial charge in [0, 0.05) is 45.0 Å². The topological polar surface area (TPSA) is 50.9 Å². The molecule has 0 aliphatic carbocycles. The van der Waals surface area contributed by atoms with Gasteiger partial charge in [-0.25, -0.2) is 4.98 Å². The summed E-state index contributed by atoms with van der Waals surface area (Å²) in [6.45, 7) is 6.25. The van der Waals surface area contributed by atoms with Crippen molar-refractivity contribution in [3.8, 4) is 67.5 Å². The summed E-state index contributed by atoms with van der Waals surface area (Å²) in [6.07, 6.45) is 1.65. The summed E-state index contributed by atoms with van der Waals surface area (Å²) in [5, 5.41) is 12.4. The zero-order chi connectivity index (χ0) is 55.2. The lowest BCUT2D eigenvalue weighted by Gasteiger charge is -2.27. The summed E-state index contributed by atoms with van der Waals surface area (Å²) in [7, 11) is 0. The lowest BCUT2D eigenvalue weighted by Crippen LogP contribution is -2.17. The van der Waals surface area contributed by atoms with Crippen LogP contribution in [-0.4, -0.2) is 19.6 Å². The summed E-state index contributed by atoms with van der Waals surface area (Å²) < 4.78 is 102. The fourth-order valence-corrected chi connectivity index (χ4v) is 8.17. The van der Waals surface area contributed by atoms with Crippen molar-refractivity contribution in [2.45, 2.75) is 111 Å². The molecule has 6 aromatic carbocycles. The summed E-state index contributed by atoms with van der Waals surface area (Å²) >= 11 is 0. The van der Waals surface area contributed by atoms with Crippen molar-refractivity contribution in [1.82, 2.24) is 14.5 Å². The summed E-state index contributed by atoms with van der Waals surface area (Å²) in [5.74, 6) is 0.506. The molecule has 8 aromatic rings. The number of phenolic OH excluding ortho intramolecular Hbond substituents is 1. The molecule has 2 aromatic heterocycles. The van der Waals surface area contributed by atoms with E-state index in [1.165, 1.54) is 24.3 Å². The maximum absolute atomic E-state index is 12.4. The zero-order valence-corrected chi connectivity index (χ0v) is 37.6. The largest absolute Gasteiger partial charge is 0.507 e. The second-order valence-corrected chi connectivity index (χ2v) is 19.8. The number of fused-ring (bicyclic) bond motifs is 1. The highest BCUT2D eigenvalue weighted by atomic mass is 16.3. The number of rotatable bonds is 6. The Bertz CT molecular complexity index is 3400. The lowest BCUT2D eigenvalue weighted by atomic mass is 9.79. The number of hydrogen-bond donors (Lipinski definition) is 1. The Kier molecular flexibility index (Phi) is 7.72. The van der Waals surface area contributed by atoms with E-state index in [9.17, 15) is 5.11 Å². The molecule has 0 aliphatic heterocycles. The molecule has 0 radical (unpaired) electrons. The van der Waals surface area contributed by atoms with Crippen molar-refractivity contribution in [2.75, 3.05) is 0 Å². The van der Waals surface area contributed by atoms with Crippen LogP contribution >= 0.6 is 0 Å². The number of aromatic hydroxyl groups is 1. The van der Waals surface area contributed by atoms with E-state index in [0.717, 1.165) is 38.9 Å². The van der Waals surface area contributed by atoms with Crippen molar-refractivity contribution in [1.29, 1.82) is 0 Å². The SMILES string of the molecule is [2H]C([2H])([2H])c1cc(-n2c(-c3cc(C(C)(C)C)cc(C(C)(C)C)c3O)nc3c(-c4cc(-c5cc(-c6ccc(C(C([2H])([2H])[2H])(C([2H])([2H])[2H])C([2H])([2H])[2H])cc6)ccn5)cc(C(C)(C)C)c4)cccc32)ccc1-c1ccccc1. The van der Waals surface area contributed by atoms with E-state index in [2.05, 4.69) is 80.5 Å². The highest BCUT2D eigenvalue weighted by molar-refractivity contribution is 5.97. The Morgan fingerprint density at radius 1 is 0.508 bits per heavy atom. The van der Waals surface area contributed by atoms with Gasteiger partial charge in [-0.1, -0.05) is 168 Å². The fraction of sp³-hybridized carbons (Fsp3) is 0.288. The minimum Gasteiger partial charge on any atom is -0.507 e. The molecule has 0 amide bonds. The van der Waals surface area contributed by atoms with Crippen molar-refractivity contribution >= 4 is 11.0 Å². The number of phenols is 1. The van der Waals surface area contributed by atoms with Crippen LogP contribution in [0, 0.1) is 6.85 Å². The van der Waals surface area contributed by atoms with Crippen LogP contribution in [0.4, 0.5) is 0 Å². The van der Waals surface area contributed by atoms with Crippen LogP contribution in [0.25, 0.3) is 72.7 Å². The summed E-state index contributed by atoms with van der Waals surface area (Å²) in [4.78, 5) is 10.3. The van der Waals surface area contributed by atoms with Gasteiger partial charge in [-0.2, -0.15) is 0 Å². The zero-order valence-electron chi connectivity index (χ0n) is 49.6. The smallest absolute Gasteiger partial charge is 0.149 e. The second-order valence-electron chi connectivity index (χ2n) is 19.8. The lowest BCUT2D eigenvalue weighted by molar-refractivity contribution is 0.446. The normalized spacial score (nSPS) is 16.2. The third-order valence-electron chi connectivity index (χ3n) is 11.9. The number of para-hydroxylation sites is 1. The molecule has 0 spiro atoms. The minimum absolute atomic E-state index is 0.0781. The Balaban J connectivity index is 1.36. The van der Waals surface area contributed by atoms with Crippen LogP contribution < -0.4 is 0 Å². The van der Waals surface area contributed by atoms with Gasteiger partial charge in [0.2, 0.25) is 0 Å². The highest BCUT2D eigenvalue weighted by Gasteiger charge is 2.29. The number of hydrogen-bond acceptors (Lipinski definition) is 3. The molecule has 0 atom stereocenters. The van der Waals surface area contributed by atoms with Gasteiger partial charge in [0.25, 0.3) is 0 Å². The first-order valence-corrected chi connectivity index (χ1v) is 21.4. The van der Waals surface area contributed by atoms with Crippen LogP contribution in [0.2, 0.25) is 0 Å². The van der Waals surface area contributed by atoms with E-state index < -0.39 is 38.2 Å². The van der Waals surface area contributed by atoms with Crippen molar-refractivity contribution in [3.63, 3.8) is 0 Å². The van der Waals surface area contributed by atoms with Gasteiger partial charge in [-0.15, -0.1) is 0 Å². The van der Waals surface area contributed by atoms with E-state index in [4.69, 9.17) is 26.4 Å². The van der Waals surface area contributed by atoms with E-state index in [-0.39, 0.29) is 27.7 Å². The van der Waals surface area contributed by atoms with E-state index >= 15 is 0 Å². The maximum Gasteiger partial charge on any atom is 0.149 e. The number of aromatic nitrogens is 3. The van der Waals surface area contributed by atoms with Crippen molar-refractivity contribution in [2.24, 2.45) is 0 Å². The molecule has 0 aliphatic rings. The first-order valence-electron chi connectivity index (χ1n) is 27.4. The molecule has 1 N–H and O–H groups in total. The Labute approximate surface area is 392 Å². The van der Waals surface area contributed by atoms with E-state index in [1.54, 1.807) is 18.3 Å². The van der Waals surface area contributed by atoms with Gasteiger partial charge in [-0.3, -0.25) is 9.55 Å². The van der Waals surface area contributed by atoms with Crippen LogP contribution in [0.3, 0.4) is 0 Å². The first-order chi connectivity index (χ1) is 34.5. The molecule has 0 unspecified atom stereocenters. The molecular formula is C59H63N3O. The average molecular weight is 842 g/mol. The molecule has 4 nitrogen and oxygen atoms in total. The Hall–Kier alpha value is -6.26. The quantitative estimate of drug-likeness (QED) is 0.181. The third-order valence-corrected chi connectivity index (χ3v) is 11.9. The molecule has 0 saturated carbocycles. The molecule has 0 saturated heterocycles. The molecule has 4 heteroatoms. The number of imidazole rings is 1. The number of aryl methyl sites for hydroxylation is 1. The van der Waals surface area contributed by atoms with Crippen LogP contribution in [0.1, 0.15) is 127 Å². The monoisotopic (exact) mass is 842 g/mol. The number of nitrogens with zero attached hydrogens (tertiary/aromatic N) is 3. The minimum atomic E-state index is -3.39. The van der Waals surface area contributed by atoms with Gasteiger partial charge >= 0.3 is 0 Å². The van der Waals surface area contributed by atoms with Gasteiger partial charge in [-0.05, 0) is 127 Å². The molecule has 0 bridgehead atoms. The Morgan fingerprint density at radius 2 is 1.21 bits per heavy atom.